The molecule has 2 heteroatoms. The third kappa shape index (κ3) is 2.15. The summed E-state index contributed by atoms with van der Waals surface area (Å²) in [6.45, 7) is 1.74. The van der Waals surface area contributed by atoms with Gasteiger partial charge < -0.3 is 4.90 Å². The van der Waals surface area contributed by atoms with Gasteiger partial charge in [-0.1, -0.05) is 30.7 Å². The first-order valence-electron chi connectivity index (χ1n) is 8.14. The van der Waals surface area contributed by atoms with Crippen molar-refractivity contribution in [2.45, 2.75) is 45.1 Å². The molecule has 3 unspecified atom stereocenters. The van der Waals surface area contributed by atoms with Crippen molar-refractivity contribution in [2.75, 3.05) is 6.54 Å². The van der Waals surface area contributed by atoms with E-state index in [0.717, 1.165) is 37.8 Å². The lowest BCUT2D eigenvalue weighted by Gasteiger charge is -2.31. The SMILES string of the molecule is O=C(CC1CC2CCC1C2)N1CCc2ccccc2C1. The monoisotopic (exact) mass is 269 g/mol. The predicted molar refractivity (Wildman–Crippen MR) is 79.1 cm³/mol. The van der Waals surface area contributed by atoms with Crippen molar-refractivity contribution in [1.82, 2.24) is 4.90 Å². The van der Waals surface area contributed by atoms with E-state index in [1.165, 1.54) is 36.8 Å². The Kier molecular flexibility index (Phi) is 3.05. The molecule has 106 valence electrons. The van der Waals surface area contributed by atoms with Gasteiger partial charge in [-0.25, -0.2) is 0 Å². The second-order valence-electron chi connectivity index (χ2n) is 6.97. The van der Waals surface area contributed by atoms with Gasteiger partial charge in [0.1, 0.15) is 0 Å². The van der Waals surface area contributed by atoms with Crippen LogP contribution in [0.4, 0.5) is 0 Å². The second-order valence-corrected chi connectivity index (χ2v) is 6.97. The minimum atomic E-state index is 0.400. The van der Waals surface area contributed by atoms with Gasteiger partial charge in [-0.05, 0) is 54.6 Å². The molecule has 2 fully saturated rings. The van der Waals surface area contributed by atoms with Gasteiger partial charge in [0.15, 0.2) is 0 Å². The van der Waals surface area contributed by atoms with Crippen LogP contribution in [0.1, 0.15) is 43.2 Å². The van der Waals surface area contributed by atoms with Crippen LogP contribution in [0.2, 0.25) is 0 Å². The van der Waals surface area contributed by atoms with Gasteiger partial charge in [-0.2, -0.15) is 0 Å². The number of nitrogens with zero attached hydrogens (tertiary/aromatic N) is 1. The third-order valence-electron chi connectivity index (χ3n) is 5.80. The molecule has 0 saturated heterocycles. The average molecular weight is 269 g/mol. The standard InChI is InChI=1S/C18H23NO/c20-18(11-17-10-13-5-6-15(17)9-13)19-8-7-14-3-1-2-4-16(14)12-19/h1-4,13,15,17H,5-12H2. The van der Waals surface area contributed by atoms with Crippen molar-refractivity contribution in [3.63, 3.8) is 0 Å². The van der Waals surface area contributed by atoms with Crippen molar-refractivity contribution in [3.8, 4) is 0 Å². The van der Waals surface area contributed by atoms with Gasteiger partial charge in [0, 0.05) is 19.5 Å². The van der Waals surface area contributed by atoms with E-state index in [0.29, 0.717) is 11.8 Å². The molecule has 0 spiro atoms. The minimum absolute atomic E-state index is 0.400. The van der Waals surface area contributed by atoms with Gasteiger partial charge in [0.2, 0.25) is 5.91 Å². The molecule has 4 rings (SSSR count). The van der Waals surface area contributed by atoms with E-state index in [-0.39, 0.29) is 0 Å². The Hall–Kier alpha value is -1.31. The first kappa shape index (κ1) is 12.4. The Bertz CT molecular complexity index is 524. The second kappa shape index (κ2) is 4.91. The van der Waals surface area contributed by atoms with Crippen molar-refractivity contribution >= 4 is 5.91 Å². The summed E-state index contributed by atoms with van der Waals surface area (Å²) in [5, 5.41) is 0. The highest BCUT2D eigenvalue weighted by molar-refractivity contribution is 5.77. The van der Waals surface area contributed by atoms with E-state index in [9.17, 15) is 4.79 Å². The van der Waals surface area contributed by atoms with Crippen LogP contribution in [0.15, 0.2) is 24.3 Å². The van der Waals surface area contributed by atoms with E-state index < -0.39 is 0 Å². The Balaban J connectivity index is 1.40. The molecule has 1 aromatic carbocycles. The van der Waals surface area contributed by atoms with Gasteiger partial charge in [0.25, 0.3) is 0 Å². The lowest BCUT2D eigenvalue weighted by atomic mass is 9.86. The number of fused-ring (bicyclic) bond motifs is 3. The number of hydrogen-bond donors (Lipinski definition) is 0. The van der Waals surface area contributed by atoms with Gasteiger partial charge in [0.05, 0.1) is 0 Å². The summed E-state index contributed by atoms with van der Waals surface area (Å²) in [5.41, 5.74) is 2.77. The Morgan fingerprint density at radius 1 is 1.15 bits per heavy atom. The quantitative estimate of drug-likeness (QED) is 0.806. The lowest BCUT2D eigenvalue weighted by molar-refractivity contribution is -0.133. The molecule has 1 aromatic rings. The molecule has 0 aromatic heterocycles. The molecule has 2 nitrogen and oxygen atoms in total. The third-order valence-corrected chi connectivity index (χ3v) is 5.80. The van der Waals surface area contributed by atoms with Gasteiger partial charge in [-0.3, -0.25) is 4.79 Å². The van der Waals surface area contributed by atoms with Crippen LogP contribution in [0, 0.1) is 17.8 Å². The molecule has 1 heterocycles. The fourth-order valence-electron chi connectivity index (χ4n) is 4.69. The van der Waals surface area contributed by atoms with Crippen LogP contribution in [-0.4, -0.2) is 17.4 Å². The summed E-state index contributed by atoms with van der Waals surface area (Å²) in [6.07, 6.45) is 7.36. The van der Waals surface area contributed by atoms with Crippen LogP contribution in [0.25, 0.3) is 0 Å². The molecule has 0 N–H and O–H groups in total. The zero-order chi connectivity index (χ0) is 13.5. The predicted octanol–water partition coefficient (Wildman–Crippen LogP) is 3.40. The highest BCUT2D eigenvalue weighted by Gasteiger charge is 2.40. The largest absolute Gasteiger partial charge is 0.338 e. The van der Waals surface area contributed by atoms with Gasteiger partial charge in [-0.15, -0.1) is 0 Å². The van der Waals surface area contributed by atoms with Crippen molar-refractivity contribution in [1.29, 1.82) is 0 Å². The summed E-state index contributed by atoms with van der Waals surface area (Å²) < 4.78 is 0. The summed E-state index contributed by atoms with van der Waals surface area (Å²) in [4.78, 5) is 14.7. The summed E-state index contributed by atoms with van der Waals surface area (Å²) >= 11 is 0. The molecule has 2 aliphatic carbocycles. The molecule has 3 atom stereocenters. The molecule has 3 aliphatic rings. The van der Waals surface area contributed by atoms with Crippen molar-refractivity contribution in [3.05, 3.63) is 35.4 Å². The van der Waals surface area contributed by atoms with Crippen LogP contribution in [0.3, 0.4) is 0 Å². The zero-order valence-electron chi connectivity index (χ0n) is 12.1. The minimum Gasteiger partial charge on any atom is -0.338 e. The van der Waals surface area contributed by atoms with E-state index in [1.807, 2.05) is 0 Å². The van der Waals surface area contributed by atoms with E-state index >= 15 is 0 Å². The lowest BCUT2D eigenvalue weighted by Crippen LogP contribution is -2.37. The molecule has 1 amide bonds. The summed E-state index contributed by atoms with van der Waals surface area (Å²) in [6, 6.07) is 8.56. The van der Waals surface area contributed by atoms with Crippen molar-refractivity contribution < 1.29 is 4.79 Å². The average Bonchev–Trinajstić information content (AvgIpc) is 3.09. The number of amides is 1. The van der Waals surface area contributed by atoms with Crippen LogP contribution in [0.5, 0.6) is 0 Å². The molecule has 0 radical (unpaired) electrons. The van der Waals surface area contributed by atoms with Crippen LogP contribution in [-0.2, 0) is 17.8 Å². The van der Waals surface area contributed by atoms with Crippen LogP contribution < -0.4 is 0 Å². The first-order valence-corrected chi connectivity index (χ1v) is 8.14. The number of carbonyl (C=O) groups excluding carboxylic acids is 1. The first-order chi connectivity index (χ1) is 9.79. The maximum absolute atomic E-state index is 12.6. The maximum atomic E-state index is 12.6. The van der Waals surface area contributed by atoms with E-state index in [4.69, 9.17) is 0 Å². The molecule has 2 bridgehead atoms. The smallest absolute Gasteiger partial charge is 0.223 e. The molecule has 2 saturated carbocycles. The highest BCUT2D eigenvalue weighted by Crippen LogP contribution is 2.49. The topological polar surface area (TPSA) is 20.3 Å². The summed E-state index contributed by atoms with van der Waals surface area (Å²) in [7, 11) is 0. The van der Waals surface area contributed by atoms with Crippen molar-refractivity contribution in [2.24, 2.45) is 17.8 Å². The Morgan fingerprint density at radius 3 is 2.75 bits per heavy atom. The molecule has 1 aliphatic heterocycles. The fraction of sp³-hybridized carbons (Fsp3) is 0.611. The van der Waals surface area contributed by atoms with Gasteiger partial charge >= 0.3 is 0 Å². The normalized spacial score (nSPS) is 31.4. The maximum Gasteiger partial charge on any atom is 0.223 e. The Labute approximate surface area is 121 Å². The molecular formula is C18H23NO. The zero-order valence-corrected chi connectivity index (χ0v) is 12.1. The number of carbonyl (C=O) groups is 1. The number of hydrogen-bond acceptors (Lipinski definition) is 1. The van der Waals surface area contributed by atoms with E-state index in [2.05, 4.69) is 29.2 Å². The number of rotatable bonds is 2. The molecular weight excluding hydrogens is 246 g/mol. The number of benzene rings is 1. The molecule has 20 heavy (non-hydrogen) atoms. The van der Waals surface area contributed by atoms with Crippen LogP contribution >= 0.6 is 0 Å². The van der Waals surface area contributed by atoms with E-state index in [1.54, 1.807) is 0 Å². The highest BCUT2D eigenvalue weighted by atomic mass is 16.2. The Morgan fingerprint density at radius 2 is 2.00 bits per heavy atom. The fourth-order valence-corrected chi connectivity index (χ4v) is 4.69. The summed E-state index contributed by atoms with van der Waals surface area (Å²) in [5.74, 6) is 2.90.